The lowest BCUT2D eigenvalue weighted by Crippen LogP contribution is -2.44. The highest BCUT2D eigenvalue weighted by Gasteiger charge is 2.11. The van der Waals surface area contributed by atoms with Crippen LogP contribution < -0.4 is 20.9 Å². The quantitative estimate of drug-likeness (QED) is 0.478. The maximum atomic E-state index is 12.1. The second-order valence-electron chi connectivity index (χ2n) is 7.07. The van der Waals surface area contributed by atoms with Crippen LogP contribution in [0.4, 0.5) is 0 Å². The first kappa shape index (κ1) is 22.6. The van der Waals surface area contributed by atoms with Gasteiger partial charge in [-0.2, -0.15) is 0 Å². The Balaban J connectivity index is 1.40. The number of carbonyl (C=O) groups excluding carboxylic acids is 3. The smallest absolute Gasteiger partial charge is 0.276 e. The Bertz CT molecular complexity index is 1080. The van der Waals surface area contributed by atoms with Crippen molar-refractivity contribution in [3.63, 3.8) is 0 Å². The maximum absolute atomic E-state index is 12.1. The van der Waals surface area contributed by atoms with Crippen LogP contribution in [0.2, 0.25) is 0 Å². The monoisotopic (exact) mass is 431 g/mol. The number of para-hydroxylation sites is 1. The van der Waals surface area contributed by atoms with Crippen molar-refractivity contribution >= 4 is 17.7 Å². The zero-order valence-corrected chi connectivity index (χ0v) is 17.8. The van der Waals surface area contributed by atoms with Gasteiger partial charge in [-0.05, 0) is 30.2 Å². The predicted octanol–water partition coefficient (Wildman–Crippen LogP) is 3.01. The minimum absolute atomic E-state index is 0.0234. The molecule has 0 spiro atoms. The first-order chi connectivity index (χ1) is 15.5. The highest BCUT2D eigenvalue weighted by Crippen LogP contribution is 2.29. The molecule has 7 heteroatoms. The number of hydrogen-bond acceptors (Lipinski definition) is 4. The molecule has 0 heterocycles. The van der Waals surface area contributed by atoms with Gasteiger partial charge in [0.2, 0.25) is 5.91 Å². The van der Waals surface area contributed by atoms with Crippen molar-refractivity contribution in [3.8, 4) is 16.9 Å². The summed E-state index contributed by atoms with van der Waals surface area (Å²) in [5.41, 5.74) is 7.90. The van der Waals surface area contributed by atoms with E-state index in [-0.39, 0.29) is 25.5 Å². The molecule has 3 rings (SSSR count). The molecule has 164 valence electrons. The molecule has 0 aromatic heterocycles. The van der Waals surface area contributed by atoms with Gasteiger partial charge in [-0.3, -0.25) is 25.2 Å². The molecule has 0 aliphatic heterocycles. The number of carbonyl (C=O) groups is 3. The maximum Gasteiger partial charge on any atom is 0.276 e. The zero-order valence-electron chi connectivity index (χ0n) is 17.8. The molecular formula is C25H25N3O4. The van der Waals surface area contributed by atoms with Crippen LogP contribution in [0.5, 0.6) is 5.75 Å². The van der Waals surface area contributed by atoms with Crippen molar-refractivity contribution < 1.29 is 19.1 Å². The molecule has 3 aromatic rings. The third-order valence-corrected chi connectivity index (χ3v) is 4.70. The Labute approximate surface area is 186 Å². The zero-order chi connectivity index (χ0) is 22.8. The summed E-state index contributed by atoms with van der Waals surface area (Å²) in [4.78, 5) is 36.1. The van der Waals surface area contributed by atoms with E-state index in [4.69, 9.17) is 4.74 Å². The van der Waals surface area contributed by atoms with E-state index in [0.29, 0.717) is 11.3 Å². The van der Waals surface area contributed by atoms with Gasteiger partial charge >= 0.3 is 0 Å². The van der Waals surface area contributed by atoms with Gasteiger partial charge in [0, 0.05) is 24.1 Å². The number of ether oxygens (including phenoxy) is 1. The van der Waals surface area contributed by atoms with Gasteiger partial charge < -0.3 is 10.1 Å². The molecule has 0 saturated heterocycles. The molecule has 7 nitrogen and oxygen atoms in total. The van der Waals surface area contributed by atoms with Gasteiger partial charge in [-0.25, -0.2) is 0 Å². The second kappa shape index (κ2) is 11.3. The van der Waals surface area contributed by atoms with Crippen molar-refractivity contribution in [1.29, 1.82) is 0 Å². The lowest BCUT2D eigenvalue weighted by Gasteiger charge is -2.12. The normalized spacial score (nSPS) is 10.2. The van der Waals surface area contributed by atoms with Crippen molar-refractivity contribution in [2.45, 2.75) is 13.3 Å². The first-order valence-corrected chi connectivity index (χ1v) is 10.2. The number of benzene rings is 3. The number of hydrazine groups is 1. The van der Waals surface area contributed by atoms with Crippen molar-refractivity contribution in [3.05, 3.63) is 90.0 Å². The van der Waals surface area contributed by atoms with Gasteiger partial charge in [-0.1, -0.05) is 66.7 Å². The molecule has 0 fully saturated rings. The predicted molar refractivity (Wildman–Crippen MR) is 122 cm³/mol. The molecule has 0 aliphatic carbocycles. The Morgan fingerprint density at radius 2 is 1.44 bits per heavy atom. The van der Waals surface area contributed by atoms with Gasteiger partial charge in [0.25, 0.3) is 11.8 Å². The third-order valence-electron chi connectivity index (χ3n) is 4.70. The van der Waals surface area contributed by atoms with Crippen LogP contribution in [0, 0.1) is 6.92 Å². The molecular weight excluding hydrogens is 406 g/mol. The van der Waals surface area contributed by atoms with Crippen LogP contribution in [-0.4, -0.2) is 30.9 Å². The lowest BCUT2D eigenvalue weighted by molar-refractivity contribution is -0.129. The van der Waals surface area contributed by atoms with Crippen LogP contribution in [-0.2, 0) is 9.59 Å². The summed E-state index contributed by atoms with van der Waals surface area (Å²) >= 11 is 0. The van der Waals surface area contributed by atoms with Gasteiger partial charge in [0.05, 0.1) is 0 Å². The van der Waals surface area contributed by atoms with Gasteiger partial charge in [-0.15, -0.1) is 0 Å². The average Bonchev–Trinajstić information content (AvgIpc) is 2.82. The van der Waals surface area contributed by atoms with E-state index >= 15 is 0 Å². The molecule has 0 atom stereocenters. The number of nitrogens with one attached hydrogen (secondary N) is 3. The summed E-state index contributed by atoms with van der Waals surface area (Å²) in [5.74, 6) is -0.595. The minimum Gasteiger partial charge on any atom is -0.483 e. The molecule has 0 bridgehead atoms. The van der Waals surface area contributed by atoms with Crippen LogP contribution in [0.1, 0.15) is 22.3 Å². The van der Waals surface area contributed by atoms with Crippen molar-refractivity contribution in [2.24, 2.45) is 0 Å². The number of aryl methyl sites for hydroxylation is 1. The second-order valence-corrected chi connectivity index (χ2v) is 7.07. The largest absolute Gasteiger partial charge is 0.483 e. The van der Waals surface area contributed by atoms with E-state index in [1.807, 2.05) is 67.6 Å². The SMILES string of the molecule is Cc1ccccc1C(=O)NCCC(=O)NNC(=O)COc1ccccc1-c1ccccc1. The van der Waals surface area contributed by atoms with E-state index < -0.39 is 11.8 Å². The van der Waals surface area contributed by atoms with Gasteiger partial charge in [0.1, 0.15) is 5.75 Å². The van der Waals surface area contributed by atoms with Crippen LogP contribution in [0.3, 0.4) is 0 Å². The summed E-state index contributed by atoms with van der Waals surface area (Å²) in [6.45, 7) is 1.74. The van der Waals surface area contributed by atoms with E-state index in [0.717, 1.165) is 16.7 Å². The van der Waals surface area contributed by atoms with E-state index in [9.17, 15) is 14.4 Å². The molecule has 0 aliphatic rings. The Hall–Kier alpha value is -4.13. The van der Waals surface area contributed by atoms with E-state index in [2.05, 4.69) is 16.2 Å². The van der Waals surface area contributed by atoms with Crippen LogP contribution in [0.15, 0.2) is 78.9 Å². The molecule has 3 N–H and O–H groups in total. The summed E-state index contributed by atoms with van der Waals surface area (Å²) in [6, 6.07) is 24.3. The molecule has 32 heavy (non-hydrogen) atoms. The molecule has 3 amide bonds. The first-order valence-electron chi connectivity index (χ1n) is 10.2. The van der Waals surface area contributed by atoms with Crippen molar-refractivity contribution in [1.82, 2.24) is 16.2 Å². The fraction of sp³-hybridized carbons (Fsp3) is 0.160. The van der Waals surface area contributed by atoms with Gasteiger partial charge in [0.15, 0.2) is 6.61 Å². The lowest BCUT2D eigenvalue weighted by atomic mass is 10.1. The summed E-state index contributed by atoms with van der Waals surface area (Å²) in [6.07, 6.45) is 0.0234. The fourth-order valence-corrected chi connectivity index (χ4v) is 3.04. The third kappa shape index (κ3) is 6.43. The summed E-state index contributed by atoms with van der Waals surface area (Å²) in [5, 5.41) is 2.69. The highest BCUT2D eigenvalue weighted by atomic mass is 16.5. The molecule has 0 radical (unpaired) electrons. The molecule has 0 unspecified atom stereocenters. The van der Waals surface area contributed by atoms with Crippen LogP contribution in [0.25, 0.3) is 11.1 Å². The van der Waals surface area contributed by atoms with E-state index in [1.165, 1.54) is 0 Å². The molecule has 0 saturated carbocycles. The Morgan fingerprint density at radius 3 is 2.22 bits per heavy atom. The summed E-state index contributed by atoms with van der Waals surface area (Å²) < 4.78 is 5.64. The van der Waals surface area contributed by atoms with E-state index in [1.54, 1.807) is 18.2 Å². The Morgan fingerprint density at radius 1 is 0.781 bits per heavy atom. The average molecular weight is 431 g/mol. The highest BCUT2D eigenvalue weighted by molar-refractivity contribution is 5.95. The van der Waals surface area contributed by atoms with Crippen LogP contribution >= 0.6 is 0 Å². The van der Waals surface area contributed by atoms with Crippen molar-refractivity contribution in [2.75, 3.05) is 13.2 Å². The number of amides is 3. The topological polar surface area (TPSA) is 96.5 Å². The fourth-order valence-electron chi connectivity index (χ4n) is 3.04. The Kier molecular flexibility index (Phi) is 7.97. The molecule has 3 aromatic carbocycles. The standard InChI is InChI=1S/C25H25N3O4/c1-18-9-5-6-12-20(18)25(31)26-16-15-23(29)27-28-24(30)17-32-22-14-8-7-13-21(22)19-10-3-2-4-11-19/h2-14H,15-17H2,1H3,(H,26,31)(H,27,29)(H,28,30). The number of rotatable bonds is 8. The summed E-state index contributed by atoms with van der Waals surface area (Å²) in [7, 11) is 0. The minimum atomic E-state index is -0.495. The number of hydrogen-bond donors (Lipinski definition) is 3.